The molecule has 9 nitrogen and oxygen atoms in total. The van der Waals surface area contributed by atoms with E-state index in [1.165, 1.54) is 11.6 Å². The van der Waals surface area contributed by atoms with Gasteiger partial charge in [-0.3, -0.25) is 4.79 Å². The Hall–Kier alpha value is -2.04. The highest BCUT2D eigenvalue weighted by atomic mass is 16.6. The molecule has 5 rings (SSSR count). The molecule has 9 heteroatoms. The third kappa shape index (κ3) is 4.46. The number of aliphatic hydroxyl groups excluding tert-OH is 2. The summed E-state index contributed by atoms with van der Waals surface area (Å²) in [5.74, 6) is -1.33. The van der Waals surface area contributed by atoms with Crippen molar-refractivity contribution >= 4 is 11.9 Å². The zero-order valence-electron chi connectivity index (χ0n) is 22.6. The number of cyclic esters (lactones) is 1. The van der Waals surface area contributed by atoms with Crippen LogP contribution in [0.5, 0.6) is 0 Å². The molecule has 0 amide bonds. The maximum atomic E-state index is 13.0. The molecule has 1 saturated carbocycles. The first-order valence-electron chi connectivity index (χ1n) is 13.7. The van der Waals surface area contributed by atoms with Crippen LogP contribution in [0.15, 0.2) is 36.0 Å². The SMILES string of the molecule is CC1=CC2OC3CC4OC(=O)/C=C\C=C/C(C(C)O)OCC(O)C(C)CC(=O)OCC2(CC1)C4(C)C31CO1. The molecule has 2 saturated heterocycles. The van der Waals surface area contributed by atoms with Crippen molar-refractivity contribution in [2.75, 3.05) is 19.8 Å². The molecular weight excluding hydrogens is 492 g/mol. The Morgan fingerprint density at radius 3 is 2.63 bits per heavy atom. The zero-order valence-corrected chi connectivity index (χ0v) is 22.6. The highest BCUT2D eigenvalue weighted by molar-refractivity contribution is 5.82. The minimum atomic E-state index is -0.925. The van der Waals surface area contributed by atoms with E-state index >= 15 is 0 Å². The van der Waals surface area contributed by atoms with Gasteiger partial charge in [-0.25, -0.2) is 4.79 Å². The molecule has 0 aromatic rings. The van der Waals surface area contributed by atoms with Crippen LogP contribution in [0, 0.1) is 16.7 Å². The molecule has 2 spiro atoms. The smallest absolute Gasteiger partial charge is 0.331 e. The highest BCUT2D eigenvalue weighted by Crippen LogP contribution is 2.72. The Balaban J connectivity index is 1.50. The predicted molar refractivity (Wildman–Crippen MR) is 136 cm³/mol. The molecule has 3 fully saturated rings. The van der Waals surface area contributed by atoms with Crippen LogP contribution in [0.4, 0.5) is 0 Å². The number of aliphatic hydroxyl groups is 2. The van der Waals surface area contributed by atoms with Gasteiger partial charge in [-0.05, 0) is 32.6 Å². The summed E-state index contributed by atoms with van der Waals surface area (Å²) in [6, 6.07) is 0. The van der Waals surface area contributed by atoms with Crippen LogP contribution in [0.2, 0.25) is 0 Å². The summed E-state index contributed by atoms with van der Waals surface area (Å²) < 4.78 is 30.5. The number of carbonyl (C=O) groups excluding carboxylic acids is 2. The molecule has 2 N–H and O–H groups in total. The third-order valence-corrected chi connectivity index (χ3v) is 9.69. The molecule has 2 aliphatic carbocycles. The minimum Gasteiger partial charge on any atom is -0.465 e. The lowest BCUT2D eigenvalue weighted by Gasteiger charge is -2.58. The van der Waals surface area contributed by atoms with Gasteiger partial charge in [0.15, 0.2) is 0 Å². The van der Waals surface area contributed by atoms with Gasteiger partial charge >= 0.3 is 11.9 Å². The monoisotopic (exact) mass is 532 g/mol. The summed E-state index contributed by atoms with van der Waals surface area (Å²) in [5.41, 5.74) is -0.638. The fraction of sp³-hybridized carbons (Fsp3) is 0.724. The van der Waals surface area contributed by atoms with Crippen molar-refractivity contribution < 1.29 is 43.5 Å². The van der Waals surface area contributed by atoms with Crippen LogP contribution >= 0.6 is 0 Å². The fourth-order valence-electron chi connectivity index (χ4n) is 7.02. The topological polar surface area (TPSA) is 124 Å². The second-order valence-electron chi connectivity index (χ2n) is 11.9. The van der Waals surface area contributed by atoms with Gasteiger partial charge in [0.1, 0.15) is 24.4 Å². The lowest BCUT2D eigenvalue weighted by molar-refractivity contribution is -0.233. The highest BCUT2D eigenvalue weighted by Gasteiger charge is 2.83. The number of epoxide rings is 1. The number of ether oxygens (including phenoxy) is 5. The van der Waals surface area contributed by atoms with Crippen LogP contribution < -0.4 is 0 Å². The number of esters is 2. The Kier molecular flexibility index (Phi) is 7.37. The number of hydrogen-bond acceptors (Lipinski definition) is 9. The van der Waals surface area contributed by atoms with E-state index in [9.17, 15) is 19.8 Å². The lowest BCUT2D eigenvalue weighted by Crippen LogP contribution is -2.66. The van der Waals surface area contributed by atoms with E-state index in [2.05, 4.69) is 19.9 Å². The largest absolute Gasteiger partial charge is 0.465 e. The predicted octanol–water partition coefficient (Wildman–Crippen LogP) is 2.39. The van der Waals surface area contributed by atoms with E-state index in [4.69, 9.17) is 23.7 Å². The van der Waals surface area contributed by atoms with Gasteiger partial charge in [-0.1, -0.05) is 43.7 Å². The van der Waals surface area contributed by atoms with Crippen LogP contribution in [0.1, 0.15) is 53.4 Å². The van der Waals surface area contributed by atoms with Gasteiger partial charge in [-0.15, -0.1) is 0 Å². The van der Waals surface area contributed by atoms with E-state index in [0.29, 0.717) is 19.4 Å². The molecule has 0 aromatic carbocycles. The standard InChI is InChI=1S/C29H40O9/c1-17-9-10-28-15-35-26(33)12-18(2)20(31)14-34-21(19(3)30)7-5-6-8-25(32)38-22-13-24(37-23(28)11-17)29(16-36-29)27(22,28)4/h5-8,11,18-24,30-31H,9-10,12-16H2,1-4H3/b7-5-,8-6-. The van der Waals surface area contributed by atoms with E-state index in [1.807, 2.05) is 0 Å². The maximum absolute atomic E-state index is 13.0. The van der Waals surface area contributed by atoms with Crippen molar-refractivity contribution in [3.05, 3.63) is 36.0 Å². The lowest BCUT2D eigenvalue weighted by atomic mass is 9.51. The molecular formula is C29H40O9. The van der Waals surface area contributed by atoms with Crippen LogP contribution in [0.3, 0.4) is 0 Å². The summed E-state index contributed by atoms with van der Waals surface area (Å²) in [5, 5.41) is 20.7. The quantitative estimate of drug-likeness (QED) is 0.298. The molecule has 3 heterocycles. The van der Waals surface area contributed by atoms with Crippen molar-refractivity contribution in [1.29, 1.82) is 0 Å². The Bertz CT molecular complexity index is 1030. The first-order chi connectivity index (χ1) is 18.0. The van der Waals surface area contributed by atoms with E-state index in [1.54, 1.807) is 32.1 Å². The van der Waals surface area contributed by atoms with Crippen LogP contribution in [-0.4, -0.2) is 84.2 Å². The molecule has 10 atom stereocenters. The van der Waals surface area contributed by atoms with Gasteiger partial charge in [0.2, 0.25) is 0 Å². The molecule has 210 valence electrons. The molecule has 10 unspecified atom stereocenters. The first kappa shape index (κ1) is 27.5. The number of hydrogen-bond donors (Lipinski definition) is 2. The first-order valence-corrected chi connectivity index (χ1v) is 13.7. The Labute approximate surface area is 223 Å². The summed E-state index contributed by atoms with van der Waals surface area (Å²) in [7, 11) is 0. The molecule has 0 radical (unpaired) electrons. The van der Waals surface area contributed by atoms with Gasteiger partial charge in [0, 0.05) is 17.9 Å². The van der Waals surface area contributed by atoms with E-state index < -0.39 is 58.7 Å². The van der Waals surface area contributed by atoms with Crippen molar-refractivity contribution in [1.82, 2.24) is 0 Å². The third-order valence-electron chi connectivity index (χ3n) is 9.69. The average molecular weight is 533 g/mol. The van der Waals surface area contributed by atoms with Gasteiger partial charge in [0.25, 0.3) is 0 Å². The summed E-state index contributed by atoms with van der Waals surface area (Å²) in [6.45, 7) is 8.08. The van der Waals surface area contributed by atoms with Crippen molar-refractivity contribution in [3.8, 4) is 0 Å². The minimum absolute atomic E-state index is 0.0122. The second-order valence-corrected chi connectivity index (χ2v) is 11.9. The van der Waals surface area contributed by atoms with Crippen molar-refractivity contribution in [3.63, 3.8) is 0 Å². The van der Waals surface area contributed by atoms with E-state index in [0.717, 1.165) is 6.42 Å². The van der Waals surface area contributed by atoms with Gasteiger partial charge in [0.05, 0.1) is 49.5 Å². The van der Waals surface area contributed by atoms with Crippen LogP contribution in [-0.2, 0) is 33.3 Å². The zero-order chi connectivity index (χ0) is 27.3. The van der Waals surface area contributed by atoms with Crippen molar-refractivity contribution in [2.24, 2.45) is 16.7 Å². The number of rotatable bonds is 1. The average Bonchev–Trinajstić information content (AvgIpc) is 3.64. The Morgan fingerprint density at radius 2 is 1.92 bits per heavy atom. The van der Waals surface area contributed by atoms with Crippen molar-refractivity contribution in [2.45, 2.75) is 95.6 Å². The molecule has 2 bridgehead atoms. The molecule has 0 aromatic heterocycles. The molecule has 3 aliphatic heterocycles. The normalized spacial score (nSPS) is 48.0. The number of allylic oxidation sites excluding steroid dienone is 3. The summed E-state index contributed by atoms with van der Waals surface area (Å²) >= 11 is 0. The Morgan fingerprint density at radius 1 is 1.16 bits per heavy atom. The summed E-state index contributed by atoms with van der Waals surface area (Å²) in [6.07, 6.45) is 6.84. The molecule has 5 aliphatic rings. The summed E-state index contributed by atoms with van der Waals surface area (Å²) in [4.78, 5) is 26.0. The number of carbonyl (C=O) groups is 2. The maximum Gasteiger partial charge on any atom is 0.331 e. The fourth-order valence-corrected chi connectivity index (χ4v) is 7.02. The van der Waals surface area contributed by atoms with Gasteiger partial charge in [-0.2, -0.15) is 0 Å². The van der Waals surface area contributed by atoms with Gasteiger partial charge < -0.3 is 33.9 Å². The van der Waals surface area contributed by atoms with Crippen LogP contribution in [0.25, 0.3) is 0 Å². The molecule has 38 heavy (non-hydrogen) atoms. The second kappa shape index (κ2) is 10.2. The van der Waals surface area contributed by atoms with E-state index in [-0.39, 0.29) is 31.8 Å².